The quantitative estimate of drug-likeness (QED) is 0.697. The number of hydrogen-bond acceptors (Lipinski definition) is 6. The van der Waals surface area contributed by atoms with Crippen molar-refractivity contribution in [2.24, 2.45) is 10.8 Å². The van der Waals surface area contributed by atoms with Crippen molar-refractivity contribution in [1.29, 1.82) is 0 Å². The fourth-order valence-electron chi connectivity index (χ4n) is 6.30. The molecule has 1 saturated carbocycles. The third-order valence-electron chi connectivity index (χ3n) is 7.33. The zero-order valence-corrected chi connectivity index (χ0v) is 16.3. The molecule has 3 aliphatic carbocycles. The molecule has 4 aliphatic rings. The van der Waals surface area contributed by atoms with E-state index in [9.17, 15) is 9.59 Å². The van der Waals surface area contributed by atoms with Gasteiger partial charge in [0.05, 0.1) is 32.3 Å². The summed E-state index contributed by atoms with van der Waals surface area (Å²) in [7, 11) is 6.62. The first kappa shape index (κ1) is 17.9. The monoisotopic (exact) mass is 381 g/mol. The Balaban J connectivity index is 2.00. The van der Waals surface area contributed by atoms with Crippen molar-refractivity contribution in [2.45, 2.75) is 36.6 Å². The first-order valence-electron chi connectivity index (χ1n) is 8.85. The number of carbonyl (C=O) groups is 2. The fourth-order valence-corrected chi connectivity index (χ4v) is 6.92. The molecule has 4 atom stereocenters. The lowest BCUT2D eigenvalue weighted by molar-refractivity contribution is -0.139. The van der Waals surface area contributed by atoms with E-state index in [-0.39, 0.29) is 23.7 Å². The summed E-state index contributed by atoms with van der Waals surface area (Å²) in [6.07, 6.45) is 3.46. The lowest BCUT2D eigenvalue weighted by atomic mass is 9.53. The highest BCUT2D eigenvalue weighted by Gasteiger charge is 2.81. The maximum Gasteiger partial charge on any atom is 0.201 e. The van der Waals surface area contributed by atoms with Gasteiger partial charge in [0.2, 0.25) is 11.5 Å². The number of methoxy groups -OCH3 is 3. The topological polar surface area (TPSA) is 65.1 Å². The van der Waals surface area contributed by atoms with Crippen LogP contribution < -0.4 is 0 Å². The molecule has 0 aromatic rings. The van der Waals surface area contributed by atoms with Crippen LogP contribution in [-0.4, -0.2) is 62.3 Å². The molecule has 3 unspecified atom stereocenters. The number of allylic oxidation sites excluding steroid dienone is 3. The molecular weight excluding hydrogens is 358 g/mol. The van der Waals surface area contributed by atoms with Crippen LogP contribution in [-0.2, 0) is 23.8 Å². The van der Waals surface area contributed by atoms with E-state index in [4.69, 9.17) is 25.8 Å². The van der Waals surface area contributed by atoms with Crippen LogP contribution >= 0.6 is 11.6 Å². The first-order valence-corrected chi connectivity index (χ1v) is 9.28. The Labute approximate surface area is 158 Å². The molecule has 0 aromatic heterocycles. The molecule has 2 fully saturated rings. The van der Waals surface area contributed by atoms with Gasteiger partial charge in [-0.25, -0.2) is 0 Å². The van der Waals surface area contributed by atoms with Crippen LogP contribution in [0.25, 0.3) is 0 Å². The number of alkyl halides is 1. The Kier molecular flexibility index (Phi) is 3.77. The smallest absolute Gasteiger partial charge is 0.201 e. The second-order valence-corrected chi connectivity index (χ2v) is 8.31. The molecule has 0 amide bonds. The van der Waals surface area contributed by atoms with Crippen LogP contribution in [0.1, 0.15) is 25.7 Å². The molecule has 7 heteroatoms. The van der Waals surface area contributed by atoms with Crippen LogP contribution in [0.3, 0.4) is 0 Å². The normalized spacial score (nSPS) is 42.2. The van der Waals surface area contributed by atoms with Gasteiger partial charge in [-0.3, -0.25) is 14.5 Å². The Morgan fingerprint density at radius 2 is 1.88 bits per heavy atom. The fraction of sp³-hybridized carbons (Fsp3) is 0.684. The van der Waals surface area contributed by atoms with Gasteiger partial charge < -0.3 is 14.2 Å². The second-order valence-electron chi connectivity index (χ2n) is 7.78. The highest BCUT2D eigenvalue weighted by Crippen LogP contribution is 2.74. The van der Waals surface area contributed by atoms with E-state index in [1.54, 1.807) is 20.3 Å². The van der Waals surface area contributed by atoms with Crippen molar-refractivity contribution in [3.8, 4) is 0 Å². The zero-order chi connectivity index (χ0) is 18.9. The predicted octanol–water partition coefficient (Wildman–Crippen LogP) is 2.02. The van der Waals surface area contributed by atoms with Crippen molar-refractivity contribution in [3.63, 3.8) is 0 Å². The highest BCUT2D eigenvalue weighted by molar-refractivity contribution is 6.25. The van der Waals surface area contributed by atoms with Crippen molar-refractivity contribution in [3.05, 3.63) is 23.4 Å². The van der Waals surface area contributed by atoms with E-state index in [0.717, 1.165) is 6.54 Å². The van der Waals surface area contributed by atoms with Crippen LogP contribution in [0.5, 0.6) is 0 Å². The van der Waals surface area contributed by atoms with Gasteiger partial charge in [-0.05, 0) is 26.4 Å². The van der Waals surface area contributed by atoms with Crippen molar-refractivity contribution >= 4 is 23.2 Å². The van der Waals surface area contributed by atoms with Gasteiger partial charge in [0.15, 0.2) is 11.5 Å². The van der Waals surface area contributed by atoms with E-state index in [2.05, 4.69) is 4.90 Å². The van der Waals surface area contributed by atoms with E-state index in [1.807, 2.05) is 7.05 Å². The van der Waals surface area contributed by atoms with E-state index in [1.165, 1.54) is 7.11 Å². The summed E-state index contributed by atoms with van der Waals surface area (Å²) < 4.78 is 16.6. The molecule has 0 bridgehead atoms. The molecule has 1 spiro atoms. The summed E-state index contributed by atoms with van der Waals surface area (Å²) in [5.41, 5.74) is -2.11. The Bertz CT molecular complexity index is 761. The molecular formula is C19H24ClNO5. The van der Waals surface area contributed by atoms with Crippen molar-refractivity contribution < 1.29 is 23.8 Å². The van der Waals surface area contributed by atoms with Gasteiger partial charge in [0.25, 0.3) is 0 Å². The maximum atomic E-state index is 13.3. The van der Waals surface area contributed by atoms with E-state index >= 15 is 0 Å². The first-order chi connectivity index (χ1) is 12.3. The summed E-state index contributed by atoms with van der Waals surface area (Å²) in [6, 6.07) is 0. The van der Waals surface area contributed by atoms with Gasteiger partial charge in [0.1, 0.15) is 5.76 Å². The van der Waals surface area contributed by atoms with Crippen LogP contribution in [0.2, 0.25) is 0 Å². The molecule has 26 heavy (non-hydrogen) atoms. The largest absolute Gasteiger partial charge is 0.501 e. The Hall–Kier alpha value is -1.53. The van der Waals surface area contributed by atoms with Crippen LogP contribution in [0.4, 0.5) is 0 Å². The number of ketones is 2. The predicted molar refractivity (Wildman–Crippen MR) is 94.5 cm³/mol. The SMILES string of the molecule is COC1=CC(=O)C2(C1)[C@@H](Cl)CC13C(OC)=C(OC)C(=O)CC21CCN3C. The van der Waals surface area contributed by atoms with Crippen LogP contribution in [0, 0.1) is 10.8 Å². The van der Waals surface area contributed by atoms with Gasteiger partial charge >= 0.3 is 0 Å². The number of likely N-dealkylation sites (tertiary alicyclic amines) is 1. The third kappa shape index (κ3) is 1.64. The second kappa shape index (κ2) is 5.49. The number of Topliss-reactive ketones (excluding diaryl/α,β-unsaturated/α-hetero) is 1. The van der Waals surface area contributed by atoms with Gasteiger partial charge in [-0.1, -0.05) is 0 Å². The number of carbonyl (C=O) groups excluding carboxylic acids is 2. The maximum absolute atomic E-state index is 13.3. The summed E-state index contributed by atoms with van der Waals surface area (Å²) in [4.78, 5) is 28.5. The van der Waals surface area contributed by atoms with Gasteiger partial charge in [-0.2, -0.15) is 0 Å². The number of halogens is 1. The number of hydrogen-bond donors (Lipinski definition) is 0. The van der Waals surface area contributed by atoms with Gasteiger partial charge in [0, 0.05) is 29.7 Å². The lowest BCUT2D eigenvalue weighted by Crippen LogP contribution is -2.60. The lowest BCUT2D eigenvalue weighted by Gasteiger charge is -2.52. The van der Waals surface area contributed by atoms with E-state index in [0.29, 0.717) is 30.8 Å². The van der Waals surface area contributed by atoms with Crippen LogP contribution in [0.15, 0.2) is 23.4 Å². The summed E-state index contributed by atoms with van der Waals surface area (Å²) in [6.45, 7) is 0.762. The molecule has 4 rings (SSSR count). The summed E-state index contributed by atoms with van der Waals surface area (Å²) >= 11 is 6.92. The minimum Gasteiger partial charge on any atom is -0.501 e. The average Bonchev–Trinajstić information content (AvgIpc) is 3.18. The number of likely N-dealkylation sites (N-methyl/N-ethyl adjacent to an activating group) is 1. The number of nitrogens with zero attached hydrogens (tertiary/aromatic N) is 1. The molecule has 6 nitrogen and oxygen atoms in total. The molecule has 0 N–H and O–H groups in total. The summed E-state index contributed by atoms with van der Waals surface area (Å²) in [5.74, 6) is 1.24. The van der Waals surface area contributed by atoms with Crippen molar-refractivity contribution in [1.82, 2.24) is 4.90 Å². The summed E-state index contributed by atoms with van der Waals surface area (Å²) in [5, 5.41) is -0.421. The average molecular weight is 382 g/mol. The molecule has 1 aliphatic heterocycles. The minimum atomic E-state index is -0.858. The molecule has 0 radical (unpaired) electrons. The zero-order valence-electron chi connectivity index (χ0n) is 15.6. The Morgan fingerprint density at radius 1 is 1.15 bits per heavy atom. The molecule has 0 aromatic carbocycles. The molecule has 1 saturated heterocycles. The molecule has 1 heterocycles. The third-order valence-corrected chi connectivity index (χ3v) is 7.86. The standard InChI is InChI=1S/C19H24ClNO5/c1-21-6-5-17-9-12(22)15(25-3)16(26-4)19(17,21)10-13(20)18(17)8-11(24-2)7-14(18)23/h7,13H,5-6,8-10H2,1-4H3/t13-,17?,18?,19?/m0/s1. The van der Waals surface area contributed by atoms with Gasteiger partial charge in [-0.15, -0.1) is 11.6 Å². The highest BCUT2D eigenvalue weighted by atomic mass is 35.5. The van der Waals surface area contributed by atoms with E-state index < -0.39 is 21.7 Å². The minimum absolute atomic E-state index is 0.0318. The van der Waals surface area contributed by atoms with Crippen molar-refractivity contribution in [2.75, 3.05) is 34.9 Å². The number of ether oxygens (including phenoxy) is 3. The molecule has 142 valence electrons. The number of rotatable bonds is 3. The Morgan fingerprint density at radius 3 is 2.46 bits per heavy atom.